The molecule has 3 aromatic rings. The van der Waals surface area contributed by atoms with Gasteiger partial charge in [-0.05, 0) is 61.9 Å². The normalized spacial score (nSPS) is 22.2. The number of cyclic esters (lactones) is 1. The van der Waals surface area contributed by atoms with Gasteiger partial charge in [0.1, 0.15) is 12.7 Å². The van der Waals surface area contributed by atoms with E-state index >= 15 is 0 Å². The number of halogens is 1. The van der Waals surface area contributed by atoms with Gasteiger partial charge in [0.2, 0.25) is 5.91 Å². The topological polar surface area (TPSA) is 131 Å². The predicted molar refractivity (Wildman–Crippen MR) is 135 cm³/mol. The van der Waals surface area contributed by atoms with Crippen molar-refractivity contribution in [3.63, 3.8) is 0 Å². The van der Waals surface area contributed by atoms with E-state index in [2.05, 4.69) is 5.32 Å². The van der Waals surface area contributed by atoms with Crippen LogP contribution in [-0.4, -0.2) is 37.7 Å². The number of carbonyl (C=O) groups excluding carboxylic acids is 2. The molecule has 0 saturated carbocycles. The highest BCUT2D eigenvalue weighted by Crippen LogP contribution is 2.46. The molecule has 0 saturated heterocycles. The Kier molecular flexibility index (Phi) is 5.28. The molecule has 4 heterocycles. The number of fused-ring (bicyclic) bond motifs is 5. The predicted octanol–water partition coefficient (Wildman–Crippen LogP) is 2.53. The van der Waals surface area contributed by atoms with Crippen molar-refractivity contribution in [1.82, 2.24) is 14.9 Å². The maximum Gasteiger partial charge on any atom is 0.343 e. The summed E-state index contributed by atoms with van der Waals surface area (Å²) in [6.07, 6.45) is 0.148. The van der Waals surface area contributed by atoms with Crippen LogP contribution in [0.15, 0.2) is 16.9 Å². The monoisotopic (exact) mass is 523 g/mol. The van der Waals surface area contributed by atoms with Crippen LogP contribution in [0.1, 0.15) is 66.1 Å². The molecule has 0 radical (unpaired) electrons. The molecule has 37 heavy (non-hydrogen) atoms. The van der Waals surface area contributed by atoms with E-state index in [1.807, 2.05) is 6.92 Å². The van der Waals surface area contributed by atoms with Crippen LogP contribution in [0.3, 0.4) is 0 Å². The summed E-state index contributed by atoms with van der Waals surface area (Å²) in [4.78, 5) is 43.6. The fourth-order valence-electron chi connectivity index (χ4n) is 5.99. The van der Waals surface area contributed by atoms with Gasteiger partial charge in [0.05, 0.1) is 35.1 Å². The van der Waals surface area contributed by atoms with Gasteiger partial charge in [-0.3, -0.25) is 9.59 Å². The van der Waals surface area contributed by atoms with Gasteiger partial charge in [-0.25, -0.2) is 9.78 Å². The Hall–Kier alpha value is -3.27. The van der Waals surface area contributed by atoms with Gasteiger partial charge in [0, 0.05) is 21.5 Å². The summed E-state index contributed by atoms with van der Waals surface area (Å²) in [5, 5.41) is 25.5. The minimum Gasteiger partial charge on any atom is -0.458 e. The number of nitrogens with one attached hydrogen (secondary N) is 1. The lowest BCUT2D eigenvalue weighted by Crippen LogP contribution is -2.44. The highest BCUT2D eigenvalue weighted by molar-refractivity contribution is 6.32. The SMILES string of the molecule is CC[C@@]1(O)C(=O)OCc2c1cc1n(c2=O)Cc2c-1nc1cc(Cl)c(C)c3c1c2C(NC(=O)[C@H](C)O)CC3. The molecule has 2 aliphatic heterocycles. The first-order valence-electron chi connectivity index (χ1n) is 12.4. The first-order valence-corrected chi connectivity index (χ1v) is 12.7. The van der Waals surface area contributed by atoms with E-state index in [4.69, 9.17) is 21.3 Å². The molecule has 1 aromatic carbocycles. The number of hydrogen-bond donors (Lipinski definition) is 3. The lowest BCUT2D eigenvalue weighted by Gasteiger charge is -2.31. The third kappa shape index (κ3) is 3.24. The van der Waals surface area contributed by atoms with Crippen molar-refractivity contribution in [2.45, 2.75) is 70.9 Å². The zero-order valence-electron chi connectivity index (χ0n) is 20.6. The van der Waals surface area contributed by atoms with E-state index in [0.29, 0.717) is 34.8 Å². The summed E-state index contributed by atoms with van der Waals surface area (Å²) in [6, 6.07) is 3.06. The number of amides is 1. The second-order valence-corrected chi connectivity index (χ2v) is 10.5. The molecule has 1 amide bonds. The average Bonchev–Trinajstić information content (AvgIpc) is 3.24. The summed E-state index contributed by atoms with van der Waals surface area (Å²) in [6.45, 7) is 5.04. The van der Waals surface area contributed by atoms with E-state index in [1.54, 1.807) is 23.6 Å². The van der Waals surface area contributed by atoms with E-state index in [0.717, 1.165) is 27.6 Å². The fraction of sp³-hybridized carbons (Fsp3) is 0.407. The van der Waals surface area contributed by atoms with Gasteiger partial charge in [-0.15, -0.1) is 0 Å². The van der Waals surface area contributed by atoms with E-state index < -0.39 is 29.6 Å². The summed E-state index contributed by atoms with van der Waals surface area (Å²) < 4.78 is 6.75. The number of ether oxygens (including phenoxy) is 1. The van der Waals surface area contributed by atoms with Gasteiger partial charge >= 0.3 is 5.97 Å². The molecule has 192 valence electrons. The zero-order chi connectivity index (χ0) is 26.4. The average molecular weight is 524 g/mol. The summed E-state index contributed by atoms with van der Waals surface area (Å²) in [5.41, 5.74) is 3.54. The van der Waals surface area contributed by atoms with Crippen molar-refractivity contribution in [2.75, 3.05) is 0 Å². The van der Waals surface area contributed by atoms with E-state index in [9.17, 15) is 24.6 Å². The Morgan fingerprint density at radius 1 is 1.32 bits per heavy atom. The maximum absolute atomic E-state index is 13.6. The number of hydrogen-bond acceptors (Lipinski definition) is 7. The third-order valence-electron chi connectivity index (χ3n) is 8.07. The van der Waals surface area contributed by atoms with Crippen molar-refractivity contribution in [3.05, 3.63) is 60.9 Å². The lowest BCUT2D eigenvalue weighted by atomic mass is 9.81. The fourth-order valence-corrected chi connectivity index (χ4v) is 6.21. The third-order valence-corrected chi connectivity index (χ3v) is 8.47. The molecule has 10 heteroatoms. The van der Waals surface area contributed by atoms with Crippen LogP contribution < -0.4 is 10.9 Å². The number of esters is 1. The highest BCUT2D eigenvalue weighted by Gasteiger charge is 2.46. The van der Waals surface area contributed by atoms with E-state index in [1.165, 1.54) is 6.92 Å². The molecule has 0 spiro atoms. The Labute approximate surface area is 217 Å². The molecule has 1 aliphatic carbocycles. The number of aromatic nitrogens is 2. The van der Waals surface area contributed by atoms with Gasteiger partial charge in [-0.1, -0.05) is 18.5 Å². The second-order valence-electron chi connectivity index (χ2n) is 10.1. The van der Waals surface area contributed by atoms with Crippen molar-refractivity contribution in [2.24, 2.45) is 0 Å². The Morgan fingerprint density at radius 2 is 2.08 bits per heavy atom. The first kappa shape index (κ1) is 24.1. The highest BCUT2D eigenvalue weighted by atomic mass is 35.5. The number of pyridine rings is 2. The van der Waals surface area contributed by atoms with Crippen molar-refractivity contribution in [3.8, 4) is 11.4 Å². The zero-order valence-corrected chi connectivity index (χ0v) is 21.4. The van der Waals surface area contributed by atoms with Crippen LogP contribution in [0.4, 0.5) is 0 Å². The van der Waals surface area contributed by atoms with Crippen LogP contribution in [0.5, 0.6) is 0 Å². The van der Waals surface area contributed by atoms with Crippen LogP contribution >= 0.6 is 11.6 Å². The lowest BCUT2D eigenvalue weighted by molar-refractivity contribution is -0.172. The smallest absolute Gasteiger partial charge is 0.343 e. The molecule has 1 unspecified atom stereocenters. The van der Waals surface area contributed by atoms with Gasteiger partial charge in [-0.2, -0.15) is 0 Å². The summed E-state index contributed by atoms with van der Waals surface area (Å²) in [7, 11) is 0. The molecule has 3 aliphatic rings. The van der Waals surface area contributed by atoms with Crippen LogP contribution in [0.25, 0.3) is 22.3 Å². The number of nitrogens with zero attached hydrogens (tertiary/aromatic N) is 2. The van der Waals surface area contributed by atoms with Crippen LogP contribution in [0, 0.1) is 6.92 Å². The molecule has 6 rings (SSSR count). The second kappa shape index (κ2) is 8.11. The molecule has 0 fully saturated rings. The quantitative estimate of drug-likeness (QED) is 0.352. The largest absolute Gasteiger partial charge is 0.458 e. The first-order chi connectivity index (χ1) is 17.6. The number of benzene rings is 1. The molecule has 9 nitrogen and oxygen atoms in total. The molecule has 3 N–H and O–H groups in total. The number of carbonyl (C=O) groups is 2. The molecular weight excluding hydrogens is 498 g/mol. The molecular formula is C27H26ClN3O6. The van der Waals surface area contributed by atoms with Crippen LogP contribution in [-0.2, 0) is 39.5 Å². The summed E-state index contributed by atoms with van der Waals surface area (Å²) in [5.74, 6) is -1.26. The van der Waals surface area contributed by atoms with Gasteiger partial charge in [0.25, 0.3) is 5.56 Å². The summed E-state index contributed by atoms with van der Waals surface area (Å²) >= 11 is 6.57. The Bertz CT molecular complexity index is 1610. The van der Waals surface area contributed by atoms with Crippen LogP contribution in [0.2, 0.25) is 5.02 Å². The Balaban J connectivity index is 1.65. The minimum absolute atomic E-state index is 0.0523. The molecule has 3 atom stereocenters. The van der Waals surface area contributed by atoms with Gasteiger partial charge in [0.15, 0.2) is 5.60 Å². The minimum atomic E-state index is -1.92. The number of aryl methyl sites for hydroxylation is 1. The van der Waals surface area contributed by atoms with Crippen molar-refractivity contribution < 1.29 is 24.5 Å². The number of aliphatic hydroxyl groups is 2. The van der Waals surface area contributed by atoms with Gasteiger partial charge < -0.3 is 24.8 Å². The van der Waals surface area contributed by atoms with E-state index in [-0.39, 0.29) is 36.3 Å². The Morgan fingerprint density at radius 3 is 2.78 bits per heavy atom. The standard InChI is InChI=1S/C27H26ClN3O6/c1-4-27(36)16-7-20-23-14(9-31(20)25(34)15(16)10-37-26(27)35)22-18(30-24(33)12(3)32)6-5-13-11(2)17(28)8-19(29-23)21(13)22/h7-8,12,18,32,36H,4-6,9-10H2,1-3H3,(H,30,33)/t12-,18?,27-/m0/s1. The number of aliphatic hydroxyl groups excluding tert-OH is 1. The van der Waals surface area contributed by atoms with Crippen molar-refractivity contribution in [1.29, 1.82) is 0 Å². The van der Waals surface area contributed by atoms with Crippen molar-refractivity contribution >= 4 is 34.4 Å². The molecule has 2 aromatic heterocycles. The molecule has 0 bridgehead atoms. The maximum atomic E-state index is 13.6. The number of rotatable bonds is 3.